The summed E-state index contributed by atoms with van der Waals surface area (Å²) in [6.45, 7) is 3.72. The lowest BCUT2D eigenvalue weighted by Crippen LogP contribution is -2.20. The highest BCUT2D eigenvalue weighted by Gasteiger charge is 2.06. The number of benzene rings is 1. The van der Waals surface area contributed by atoms with Crippen LogP contribution in [0.5, 0.6) is 11.5 Å². The molecule has 0 unspecified atom stereocenters. The van der Waals surface area contributed by atoms with Crippen molar-refractivity contribution in [2.45, 2.75) is 19.9 Å². The fourth-order valence-electron chi connectivity index (χ4n) is 1.50. The van der Waals surface area contributed by atoms with Crippen LogP contribution in [0.25, 0.3) is 0 Å². The number of ether oxygens (including phenoxy) is 2. The minimum Gasteiger partial charge on any atom is -0.493 e. The second-order valence-electron chi connectivity index (χ2n) is 3.92. The van der Waals surface area contributed by atoms with Crippen molar-refractivity contribution in [1.82, 2.24) is 5.32 Å². The Bertz CT molecular complexity index is 399. The summed E-state index contributed by atoms with van der Waals surface area (Å²) in [4.78, 5) is 10.7. The number of carbonyl (C=O) groups is 1. The van der Waals surface area contributed by atoms with E-state index in [1.54, 1.807) is 13.2 Å². The van der Waals surface area contributed by atoms with E-state index in [0.29, 0.717) is 11.5 Å². The standard InChI is InChI=1S/C13H20N2O3.ClH/c1-3-6-15-8-10-4-5-11(12(7-10)17-2)18-9-13(14)16;/h4-5,7,15H,3,6,8-9H2,1-2H3,(H2,14,16);1H. The third-order valence-corrected chi connectivity index (χ3v) is 2.35. The molecule has 0 heterocycles. The van der Waals surface area contributed by atoms with Gasteiger partial charge >= 0.3 is 0 Å². The molecule has 108 valence electrons. The van der Waals surface area contributed by atoms with Crippen LogP contribution in [0.3, 0.4) is 0 Å². The molecule has 6 heteroatoms. The summed E-state index contributed by atoms with van der Waals surface area (Å²) < 4.78 is 10.5. The van der Waals surface area contributed by atoms with E-state index in [1.807, 2.05) is 12.1 Å². The van der Waals surface area contributed by atoms with E-state index in [4.69, 9.17) is 15.2 Å². The van der Waals surface area contributed by atoms with Gasteiger partial charge in [-0.15, -0.1) is 12.4 Å². The van der Waals surface area contributed by atoms with Gasteiger partial charge in [-0.2, -0.15) is 0 Å². The normalized spacial score (nSPS) is 9.58. The number of primary amides is 1. The molecule has 3 N–H and O–H groups in total. The fraction of sp³-hybridized carbons (Fsp3) is 0.462. The zero-order chi connectivity index (χ0) is 13.4. The van der Waals surface area contributed by atoms with Crippen molar-refractivity contribution in [3.05, 3.63) is 23.8 Å². The molecule has 1 amide bonds. The van der Waals surface area contributed by atoms with E-state index in [-0.39, 0.29) is 19.0 Å². The summed E-state index contributed by atoms with van der Waals surface area (Å²) in [6.07, 6.45) is 1.09. The van der Waals surface area contributed by atoms with E-state index in [0.717, 1.165) is 25.1 Å². The van der Waals surface area contributed by atoms with Gasteiger partial charge < -0.3 is 20.5 Å². The highest BCUT2D eigenvalue weighted by atomic mass is 35.5. The van der Waals surface area contributed by atoms with Crippen LogP contribution in [-0.4, -0.2) is 26.2 Å². The Morgan fingerprint density at radius 2 is 2.11 bits per heavy atom. The molecular formula is C13H21ClN2O3. The number of carbonyl (C=O) groups excluding carboxylic acids is 1. The van der Waals surface area contributed by atoms with E-state index in [2.05, 4.69) is 12.2 Å². The summed E-state index contributed by atoms with van der Waals surface area (Å²) in [5, 5.41) is 3.30. The van der Waals surface area contributed by atoms with Crippen molar-refractivity contribution in [2.75, 3.05) is 20.3 Å². The molecule has 5 nitrogen and oxygen atoms in total. The molecule has 0 aromatic heterocycles. The van der Waals surface area contributed by atoms with Gasteiger partial charge in [-0.05, 0) is 30.7 Å². The monoisotopic (exact) mass is 288 g/mol. The number of nitrogens with two attached hydrogens (primary N) is 1. The van der Waals surface area contributed by atoms with Crippen LogP contribution in [0.15, 0.2) is 18.2 Å². The second-order valence-corrected chi connectivity index (χ2v) is 3.92. The van der Waals surface area contributed by atoms with Gasteiger partial charge in [0.15, 0.2) is 18.1 Å². The van der Waals surface area contributed by atoms with Gasteiger partial charge in [0.1, 0.15) is 0 Å². The molecule has 0 atom stereocenters. The van der Waals surface area contributed by atoms with Crippen molar-refractivity contribution >= 4 is 18.3 Å². The number of amides is 1. The summed E-state index contributed by atoms with van der Waals surface area (Å²) in [5.41, 5.74) is 6.13. The Balaban J connectivity index is 0.00000324. The van der Waals surface area contributed by atoms with Gasteiger partial charge in [-0.25, -0.2) is 0 Å². The maximum Gasteiger partial charge on any atom is 0.255 e. The van der Waals surface area contributed by atoms with Crippen molar-refractivity contribution in [3.63, 3.8) is 0 Å². The van der Waals surface area contributed by atoms with Crippen LogP contribution in [0.1, 0.15) is 18.9 Å². The number of hydrogen-bond acceptors (Lipinski definition) is 4. The summed E-state index contributed by atoms with van der Waals surface area (Å²) >= 11 is 0. The van der Waals surface area contributed by atoms with E-state index in [1.165, 1.54) is 0 Å². The fourth-order valence-corrected chi connectivity index (χ4v) is 1.50. The Hall–Kier alpha value is -1.46. The first-order valence-electron chi connectivity index (χ1n) is 5.96. The quantitative estimate of drug-likeness (QED) is 0.711. The molecule has 1 aromatic carbocycles. The maximum absolute atomic E-state index is 10.7. The zero-order valence-corrected chi connectivity index (χ0v) is 12.1. The largest absolute Gasteiger partial charge is 0.493 e. The molecule has 1 aromatic rings. The van der Waals surface area contributed by atoms with Crippen molar-refractivity contribution in [2.24, 2.45) is 5.73 Å². The second kappa shape index (κ2) is 9.47. The van der Waals surface area contributed by atoms with Crippen LogP contribution in [-0.2, 0) is 11.3 Å². The molecule has 0 aliphatic heterocycles. The molecule has 0 saturated carbocycles. The van der Waals surface area contributed by atoms with Gasteiger partial charge in [0.25, 0.3) is 5.91 Å². The summed E-state index contributed by atoms with van der Waals surface area (Å²) in [6, 6.07) is 5.60. The zero-order valence-electron chi connectivity index (χ0n) is 11.3. The minimum atomic E-state index is -0.509. The third-order valence-electron chi connectivity index (χ3n) is 2.35. The highest BCUT2D eigenvalue weighted by molar-refractivity contribution is 5.85. The number of halogens is 1. The minimum absolute atomic E-state index is 0. The SMILES string of the molecule is CCCNCc1ccc(OCC(N)=O)c(OC)c1.Cl. The molecule has 1 rings (SSSR count). The van der Waals surface area contributed by atoms with Gasteiger partial charge in [0, 0.05) is 6.54 Å². The van der Waals surface area contributed by atoms with Crippen LogP contribution >= 0.6 is 12.4 Å². The lowest BCUT2D eigenvalue weighted by molar-refractivity contribution is -0.119. The summed E-state index contributed by atoms with van der Waals surface area (Å²) in [7, 11) is 1.57. The average molecular weight is 289 g/mol. The van der Waals surface area contributed by atoms with E-state index >= 15 is 0 Å². The average Bonchev–Trinajstić information content (AvgIpc) is 2.37. The van der Waals surface area contributed by atoms with Crippen LogP contribution < -0.4 is 20.5 Å². The molecule has 0 aliphatic carbocycles. The van der Waals surface area contributed by atoms with Gasteiger partial charge in [-0.3, -0.25) is 4.79 Å². The Morgan fingerprint density at radius 1 is 1.37 bits per heavy atom. The molecule has 0 aliphatic rings. The summed E-state index contributed by atoms with van der Waals surface area (Å²) in [5.74, 6) is 0.619. The Morgan fingerprint density at radius 3 is 2.68 bits per heavy atom. The first-order chi connectivity index (χ1) is 8.67. The van der Waals surface area contributed by atoms with Crippen molar-refractivity contribution in [1.29, 1.82) is 0 Å². The van der Waals surface area contributed by atoms with Gasteiger partial charge in [0.05, 0.1) is 7.11 Å². The molecule has 0 fully saturated rings. The maximum atomic E-state index is 10.7. The van der Waals surface area contributed by atoms with Crippen LogP contribution in [0.2, 0.25) is 0 Å². The van der Waals surface area contributed by atoms with Crippen LogP contribution in [0.4, 0.5) is 0 Å². The number of nitrogens with one attached hydrogen (secondary N) is 1. The van der Waals surface area contributed by atoms with E-state index in [9.17, 15) is 4.79 Å². The van der Waals surface area contributed by atoms with Crippen molar-refractivity contribution < 1.29 is 14.3 Å². The molecule has 0 spiro atoms. The molecule has 19 heavy (non-hydrogen) atoms. The molecule has 0 radical (unpaired) electrons. The molecule has 0 saturated heterocycles. The number of methoxy groups -OCH3 is 1. The Kier molecular flexibility index (Phi) is 8.74. The van der Waals surface area contributed by atoms with Gasteiger partial charge in [-0.1, -0.05) is 13.0 Å². The first-order valence-corrected chi connectivity index (χ1v) is 5.96. The third kappa shape index (κ3) is 6.31. The predicted molar refractivity (Wildman–Crippen MR) is 76.9 cm³/mol. The number of rotatable bonds is 8. The topological polar surface area (TPSA) is 73.6 Å². The molecule has 0 bridgehead atoms. The Labute approximate surface area is 119 Å². The predicted octanol–water partition coefficient (Wildman–Crippen LogP) is 1.48. The first kappa shape index (κ1) is 17.5. The number of hydrogen-bond donors (Lipinski definition) is 2. The van der Waals surface area contributed by atoms with Gasteiger partial charge in [0.2, 0.25) is 0 Å². The molecular weight excluding hydrogens is 268 g/mol. The van der Waals surface area contributed by atoms with Crippen LogP contribution in [0, 0.1) is 0 Å². The highest BCUT2D eigenvalue weighted by Crippen LogP contribution is 2.27. The van der Waals surface area contributed by atoms with E-state index < -0.39 is 5.91 Å². The van der Waals surface area contributed by atoms with Crippen molar-refractivity contribution in [3.8, 4) is 11.5 Å². The smallest absolute Gasteiger partial charge is 0.255 e. The lowest BCUT2D eigenvalue weighted by Gasteiger charge is -2.11. The lowest BCUT2D eigenvalue weighted by atomic mass is 10.2.